The fourth-order valence-corrected chi connectivity index (χ4v) is 3.30. The molecule has 5 heteroatoms. The van der Waals surface area contributed by atoms with Crippen LogP contribution >= 0.6 is 0 Å². The van der Waals surface area contributed by atoms with E-state index in [4.69, 9.17) is 0 Å². The Morgan fingerprint density at radius 1 is 1.12 bits per heavy atom. The summed E-state index contributed by atoms with van der Waals surface area (Å²) in [5.74, 6) is 0.104. The van der Waals surface area contributed by atoms with Crippen LogP contribution in [0.5, 0.6) is 0 Å². The molecule has 1 aliphatic rings. The lowest BCUT2D eigenvalue weighted by molar-refractivity contribution is 0.0616. The smallest absolute Gasteiger partial charge is 0.272 e. The normalized spacial score (nSPS) is 15.7. The van der Waals surface area contributed by atoms with E-state index in [1.807, 2.05) is 24.8 Å². The Morgan fingerprint density at radius 2 is 1.88 bits per heavy atom. The Labute approximate surface area is 143 Å². The van der Waals surface area contributed by atoms with Crippen molar-refractivity contribution in [1.29, 1.82) is 0 Å². The van der Waals surface area contributed by atoms with E-state index in [-0.39, 0.29) is 5.91 Å². The van der Waals surface area contributed by atoms with Gasteiger partial charge in [-0.05, 0) is 32.4 Å². The van der Waals surface area contributed by atoms with E-state index in [2.05, 4.69) is 41.2 Å². The highest BCUT2D eigenvalue weighted by molar-refractivity contribution is 5.92. The van der Waals surface area contributed by atoms with Gasteiger partial charge in [0.15, 0.2) is 0 Å². The van der Waals surface area contributed by atoms with Crippen LogP contribution in [0.2, 0.25) is 0 Å². The molecule has 0 bridgehead atoms. The van der Waals surface area contributed by atoms with Gasteiger partial charge < -0.3 is 4.90 Å². The number of rotatable bonds is 4. The van der Waals surface area contributed by atoms with Gasteiger partial charge in [-0.25, -0.2) is 0 Å². The summed E-state index contributed by atoms with van der Waals surface area (Å²) < 4.78 is 1.80. The molecule has 2 aromatic rings. The first-order valence-electron chi connectivity index (χ1n) is 8.68. The zero-order chi connectivity index (χ0) is 17.1. The topological polar surface area (TPSA) is 41.4 Å². The van der Waals surface area contributed by atoms with Crippen molar-refractivity contribution in [1.82, 2.24) is 19.6 Å². The van der Waals surface area contributed by atoms with Gasteiger partial charge in [-0.3, -0.25) is 14.4 Å². The molecular weight excluding hydrogens is 300 g/mol. The average molecular weight is 326 g/mol. The molecule has 1 aromatic heterocycles. The van der Waals surface area contributed by atoms with Crippen LogP contribution in [0, 0.1) is 13.8 Å². The summed E-state index contributed by atoms with van der Waals surface area (Å²) in [6, 6.07) is 10.5. The number of aromatic nitrogens is 2. The standard InChI is InChI=1S/C19H26N4O/c1-4-23-18(13-16(3)20-23)19(24)22-10-8-21(9-11-22)14-17-7-5-6-15(2)12-17/h5-7,12-13H,4,8-11,14H2,1-3H3. The van der Waals surface area contributed by atoms with Gasteiger partial charge >= 0.3 is 0 Å². The Hall–Kier alpha value is -2.14. The van der Waals surface area contributed by atoms with Crippen molar-refractivity contribution in [2.24, 2.45) is 0 Å². The number of amides is 1. The highest BCUT2D eigenvalue weighted by Crippen LogP contribution is 2.13. The monoisotopic (exact) mass is 326 g/mol. The molecule has 0 saturated carbocycles. The van der Waals surface area contributed by atoms with E-state index < -0.39 is 0 Å². The lowest BCUT2D eigenvalue weighted by Gasteiger charge is -2.34. The number of carbonyl (C=O) groups excluding carboxylic acids is 1. The van der Waals surface area contributed by atoms with Crippen LogP contribution in [0.4, 0.5) is 0 Å². The summed E-state index contributed by atoms with van der Waals surface area (Å²) in [6.07, 6.45) is 0. The molecule has 0 spiro atoms. The highest BCUT2D eigenvalue weighted by atomic mass is 16.2. The summed E-state index contributed by atoms with van der Waals surface area (Å²) in [4.78, 5) is 17.1. The molecule has 0 radical (unpaired) electrons. The molecule has 1 saturated heterocycles. The molecule has 0 aliphatic carbocycles. The van der Waals surface area contributed by atoms with E-state index in [1.54, 1.807) is 4.68 Å². The SMILES string of the molecule is CCn1nc(C)cc1C(=O)N1CCN(Cc2cccc(C)c2)CC1. The fourth-order valence-electron chi connectivity index (χ4n) is 3.30. The third-order valence-electron chi connectivity index (χ3n) is 4.57. The second kappa shape index (κ2) is 7.18. The van der Waals surface area contributed by atoms with Crippen molar-refractivity contribution in [2.45, 2.75) is 33.9 Å². The average Bonchev–Trinajstić information content (AvgIpc) is 2.96. The summed E-state index contributed by atoms with van der Waals surface area (Å²) in [6.45, 7) is 11.1. The number of benzene rings is 1. The van der Waals surface area contributed by atoms with Crippen molar-refractivity contribution >= 4 is 5.91 Å². The van der Waals surface area contributed by atoms with Gasteiger partial charge in [-0.15, -0.1) is 0 Å². The number of aryl methyl sites for hydroxylation is 3. The minimum absolute atomic E-state index is 0.104. The maximum Gasteiger partial charge on any atom is 0.272 e. The van der Waals surface area contributed by atoms with Crippen LogP contribution in [-0.2, 0) is 13.1 Å². The van der Waals surface area contributed by atoms with Gasteiger partial charge in [-0.1, -0.05) is 29.8 Å². The van der Waals surface area contributed by atoms with Crippen LogP contribution in [0.3, 0.4) is 0 Å². The Morgan fingerprint density at radius 3 is 2.54 bits per heavy atom. The Kier molecular flexibility index (Phi) is 5.00. The predicted molar refractivity (Wildman–Crippen MR) is 95.0 cm³/mol. The first kappa shape index (κ1) is 16.7. The second-order valence-electron chi connectivity index (χ2n) is 6.54. The highest BCUT2D eigenvalue weighted by Gasteiger charge is 2.24. The number of piperazine rings is 1. The summed E-state index contributed by atoms with van der Waals surface area (Å²) >= 11 is 0. The first-order valence-corrected chi connectivity index (χ1v) is 8.68. The van der Waals surface area contributed by atoms with E-state index in [0.717, 1.165) is 45.0 Å². The number of hydrogen-bond donors (Lipinski definition) is 0. The number of hydrogen-bond acceptors (Lipinski definition) is 3. The summed E-state index contributed by atoms with van der Waals surface area (Å²) in [5, 5.41) is 4.38. The largest absolute Gasteiger partial charge is 0.335 e. The number of nitrogens with zero attached hydrogens (tertiary/aromatic N) is 4. The van der Waals surface area contributed by atoms with Crippen LogP contribution in [-0.4, -0.2) is 51.7 Å². The molecule has 0 atom stereocenters. The van der Waals surface area contributed by atoms with E-state index >= 15 is 0 Å². The van der Waals surface area contributed by atoms with Crippen molar-refractivity contribution in [3.05, 3.63) is 52.8 Å². The van der Waals surface area contributed by atoms with Crippen LogP contribution in [0.15, 0.2) is 30.3 Å². The summed E-state index contributed by atoms with van der Waals surface area (Å²) in [5.41, 5.74) is 4.25. The maximum absolute atomic E-state index is 12.7. The van der Waals surface area contributed by atoms with Crippen molar-refractivity contribution in [3.8, 4) is 0 Å². The number of carbonyl (C=O) groups is 1. The molecule has 2 heterocycles. The second-order valence-corrected chi connectivity index (χ2v) is 6.54. The van der Waals surface area contributed by atoms with Gasteiger partial charge in [0.1, 0.15) is 5.69 Å². The van der Waals surface area contributed by atoms with Gasteiger partial charge in [-0.2, -0.15) is 5.10 Å². The zero-order valence-corrected chi connectivity index (χ0v) is 14.8. The van der Waals surface area contributed by atoms with E-state index in [9.17, 15) is 4.79 Å². The van der Waals surface area contributed by atoms with Gasteiger partial charge in [0.2, 0.25) is 0 Å². The molecule has 1 aliphatic heterocycles. The fraction of sp³-hybridized carbons (Fsp3) is 0.474. The minimum Gasteiger partial charge on any atom is -0.335 e. The minimum atomic E-state index is 0.104. The molecule has 24 heavy (non-hydrogen) atoms. The molecule has 0 unspecified atom stereocenters. The molecule has 3 rings (SSSR count). The molecule has 5 nitrogen and oxygen atoms in total. The van der Waals surface area contributed by atoms with E-state index in [1.165, 1.54) is 11.1 Å². The Balaban J connectivity index is 1.59. The molecule has 0 N–H and O–H groups in total. The van der Waals surface area contributed by atoms with E-state index in [0.29, 0.717) is 5.69 Å². The van der Waals surface area contributed by atoms with Crippen molar-refractivity contribution in [3.63, 3.8) is 0 Å². The van der Waals surface area contributed by atoms with Gasteiger partial charge in [0.05, 0.1) is 5.69 Å². The third kappa shape index (κ3) is 3.67. The van der Waals surface area contributed by atoms with Crippen LogP contribution in [0.1, 0.15) is 34.2 Å². The molecule has 128 valence electrons. The molecule has 1 amide bonds. The summed E-state index contributed by atoms with van der Waals surface area (Å²) in [7, 11) is 0. The zero-order valence-electron chi connectivity index (χ0n) is 14.8. The quantitative estimate of drug-likeness (QED) is 0.867. The third-order valence-corrected chi connectivity index (χ3v) is 4.57. The molecule has 1 aromatic carbocycles. The lowest BCUT2D eigenvalue weighted by Crippen LogP contribution is -2.48. The molecule has 1 fully saturated rings. The molecular formula is C19H26N4O. The van der Waals surface area contributed by atoms with Crippen LogP contribution < -0.4 is 0 Å². The van der Waals surface area contributed by atoms with Crippen molar-refractivity contribution in [2.75, 3.05) is 26.2 Å². The maximum atomic E-state index is 12.7. The lowest BCUT2D eigenvalue weighted by atomic mass is 10.1. The Bertz CT molecular complexity index is 714. The van der Waals surface area contributed by atoms with Crippen molar-refractivity contribution < 1.29 is 4.79 Å². The van der Waals surface area contributed by atoms with Crippen LogP contribution in [0.25, 0.3) is 0 Å². The van der Waals surface area contributed by atoms with Gasteiger partial charge in [0, 0.05) is 39.3 Å². The predicted octanol–water partition coefficient (Wildman–Crippen LogP) is 2.48. The first-order chi connectivity index (χ1) is 11.6. The van der Waals surface area contributed by atoms with Gasteiger partial charge in [0.25, 0.3) is 5.91 Å².